The molecule has 1 saturated carbocycles. The lowest BCUT2D eigenvalue weighted by Gasteiger charge is -2.14. The average molecular weight is 122 g/mol. The van der Waals surface area contributed by atoms with Gasteiger partial charge in [0, 0.05) is 0 Å². The van der Waals surface area contributed by atoms with Gasteiger partial charge in [-0.05, 0) is 31.8 Å². The van der Waals surface area contributed by atoms with Crippen LogP contribution in [0.25, 0.3) is 0 Å². The lowest BCUT2D eigenvalue weighted by molar-refractivity contribution is 0.429. The van der Waals surface area contributed by atoms with Crippen LogP contribution in [-0.2, 0) is 0 Å². The van der Waals surface area contributed by atoms with Gasteiger partial charge in [0.25, 0.3) is 0 Å². The molecule has 2 atom stereocenters. The summed E-state index contributed by atoms with van der Waals surface area (Å²) in [5.74, 6) is 0.691. The molecule has 2 rings (SSSR count). The highest BCUT2D eigenvalue weighted by Gasteiger charge is 2.55. The van der Waals surface area contributed by atoms with E-state index in [0.29, 0.717) is 5.92 Å². The fourth-order valence-electron chi connectivity index (χ4n) is 1.74. The zero-order chi connectivity index (χ0) is 6.32. The zero-order valence-electron chi connectivity index (χ0n) is 5.35. The van der Waals surface area contributed by atoms with Gasteiger partial charge in [-0.25, -0.2) is 0 Å². The van der Waals surface area contributed by atoms with E-state index in [1.165, 1.54) is 0 Å². The molecule has 0 amide bonds. The number of hydrogen-bond donors (Lipinski definition) is 1. The molecule has 2 aliphatic rings. The first kappa shape index (κ1) is 5.25. The van der Waals surface area contributed by atoms with E-state index in [1.54, 1.807) is 0 Å². The van der Waals surface area contributed by atoms with Gasteiger partial charge >= 0.3 is 0 Å². The summed E-state index contributed by atoms with van der Waals surface area (Å²) in [5.41, 5.74) is 0.130. The molecule has 0 aromatic carbocycles. The molecular formula is C7H10N2. The molecule has 1 saturated heterocycles. The molecule has 0 aromatic heterocycles. The molecule has 48 valence electrons. The van der Waals surface area contributed by atoms with E-state index in [2.05, 4.69) is 11.4 Å². The number of rotatable bonds is 0. The number of fused-ring (bicyclic) bond motifs is 1. The van der Waals surface area contributed by atoms with Crippen LogP contribution >= 0.6 is 0 Å². The summed E-state index contributed by atoms with van der Waals surface area (Å²) in [4.78, 5) is 0. The van der Waals surface area contributed by atoms with Gasteiger partial charge in [-0.2, -0.15) is 5.26 Å². The minimum Gasteiger partial charge on any atom is -0.316 e. The quantitative estimate of drug-likeness (QED) is 0.508. The molecule has 1 N–H and O–H groups in total. The van der Waals surface area contributed by atoms with Gasteiger partial charge in [0.2, 0.25) is 0 Å². The topological polar surface area (TPSA) is 35.8 Å². The summed E-state index contributed by atoms with van der Waals surface area (Å²) in [6.07, 6.45) is 2.23. The minimum atomic E-state index is 0.130. The summed E-state index contributed by atoms with van der Waals surface area (Å²) in [7, 11) is 0. The average Bonchev–Trinajstić information content (AvgIpc) is 2.62. The lowest BCUT2D eigenvalue weighted by Crippen LogP contribution is -2.28. The van der Waals surface area contributed by atoms with Gasteiger partial charge in [0.05, 0.1) is 11.5 Å². The second-order valence-corrected chi connectivity index (χ2v) is 3.12. The van der Waals surface area contributed by atoms with Crippen LogP contribution in [0.15, 0.2) is 0 Å². The molecule has 2 nitrogen and oxygen atoms in total. The van der Waals surface area contributed by atoms with E-state index in [-0.39, 0.29) is 5.41 Å². The van der Waals surface area contributed by atoms with E-state index in [4.69, 9.17) is 5.26 Å². The van der Waals surface area contributed by atoms with Crippen molar-refractivity contribution >= 4 is 0 Å². The fraction of sp³-hybridized carbons (Fsp3) is 0.857. The molecule has 1 heterocycles. The summed E-state index contributed by atoms with van der Waals surface area (Å²) in [5, 5.41) is 12.0. The summed E-state index contributed by atoms with van der Waals surface area (Å²) >= 11 is 0. The minimum absolute atomic E-state index is 0.130. The van der Waals surface area contributed by atoms with Crippen LogP contribution in [0, 0.1) is 22.7 Å². The monoisotopic (exact) mass is 122 g/mol. The third-order valence-corrected chi connectivity index (χ3v) is 2.59. The Balaban J connectivity index is 2.11. The second kappa shape index (κ2) is 1.48. The Bertz CT molecular complexity index is 170. The Morgan fingerprint density at radius 3 is 3.11 bits per heavy atom. The second-order valence-electron chi connectivity index (χ2n) is 3.12. The van der Waals surface area contributed by atoms with Crippen molar-refractivity contribution in [2.24, 2.45) is 11.3 Å². The van der Waals surface area contributed by atoms with Crippen molar-refractivity contribution in [2.75, 3.05) is 13.1 Å². The van der Waals surface area contributed by atoms with Crippen LogP contribution in [0.4, 0.5) is 0 Å². The Hall–Kier alpha value is -0.550. The summed E-state index contributed by atoms with van der Waals surface area (Å²) in [6.45, 7) is 2.12. The Morgan fingerprint density at radius 1 is 1.67 bits per heavy atom. The SMILES string of the molecule is N#CC12CCNCC1C2. The van der Waals surface area contributed by atoms with Gasteiger partial charge in [0.1, 0.15) is 0 Å². The van der Waals surface area contributed by atoms with Crippen molar-refractivity contribution in [2.45, 2.75) is 12.8 Å². The van der Waals surface area contributed by atoms with Crippen LogP contribution in [-0.4, -0.2) is 13.1 Å². The highest BCUT2D eigenvalue weighted by atomic mass is 14.9. The van der Waals surface area contributed by atoms with Crippen LogP contribution in [0.2, 0.25) is 0 Å². The third-order valence-electron chi connectivity index (χ3n) is 2.59. The van der Waals surface area contributed by atoms with E-state index in [1.807, 2.05) is 0 Å². The molecule has 1 aliphatic carbocycles. The van der Waals surface area contributed by atoms with Crippen molar-refractivity contribution in [3.8, 4) is 6.07 Å². The fourth-order valence-corrected chi connectivity index (χ4v) is 1.74. The predicted octanol–water partition coefficient (Wildman–Crippen LogP) is 0.510. The van der Waals surface area contributed by atoms with E-state index < -0.39 is 0 Å². The van der Waals surface area contributed by atoms with Gasteiger partial charge < -0.3 is 5.32 Å². The smallest absolute Gasteiger partial charge is 0.0693 e. The maximum atomic E-state index is 8.71. The van der Waals surface area contributed by atoms with E-state index in [9.17, 15) is 0 Å². The Morgan fingerprint density at radius 2 is 2.56 bits per heavy atom. The van der Waals surface area contributed by atoms with Crippen LogP contribution in [0.5, 0.6) is 0 Å². The van der Waals surface area contributed by atoms with Crippen LogP contribution < -0.4 is 5.32 Å². The first-order valence-corrected chi connectivity index (χ1v) is 3.49. The van der Waals surface area contributed by atoms with E-state index in [0.717, 1.165) is 25.9 Å². The highest BCUT2D eigenvalue weighted by Crippen LogP contribution is 2.55. The van der Waals surface area contributed by atoms with Crippen molar-refractivity contribution in [3.63, 3.8) is 0 Å². The normalized spacial score (nSPS) is 47.2. The molecule has 2 heteroatoms. The highest BCUT2D eigenvalue weighted by molar-refractivity contribution is 5.18. The van der Waals surface area contributed by atoms with Crippen molar-refractivity contribution in [1.82, 2.24) is 5.32 Å². The van der Waals surface area contributed by atoms with Gasteiger partial charge in [-0.1, -0.05) is 0 Å². The van der Waals surface area contributed by atoms with Crippen molar-refractivity contribution < 1.29 is 0 Å². The number of hydrogen-bond acceptors (Lipinski definition) is 2. The van der Waals surface area contributed by atoms with Gasteiger partial charge in [0.15, 0.2) is 0 Å². The molecule has 1 aliphatic heterocycles. The van der Waals surface area contributed by atoms with E-state index >= 15 is 0 Å². The zero-order valence-corrected chi connectivity index (χ0v) is 5.35. The molecule has 0 aromatic rings. The molecule has 2 fully saturated rings. The third kappa shape index (κ3) is 0.585. The predicted molar refractivity (Wildman–Crippen MR) is 33.6 cm³/mol. The number of nitrogens with one attached hydrogen (secondary N) is 1. The lowest BCUT2D eigenvalue weighted by atomic mass is 9.99. The summed E-state index contributed by atoms with van der Waals surface area (Å²) < 4.78 is 0. The molecule has 0 spiro atoms. The Labute approximate surface area is 54.9 Å². The maximum Gasteiger partial charge on any atom is 0.0693 e. The molecule has 0 bridgehead atoms. The van der Waals surface area contributed by atoms with Crippen LogP contribution in [0.3, 0.4) is 0 Å². The summed E-state index contributed by atoms with van der Waals surface area (Å²) in [6, 6.07) is 2.41. The van der Waals surface area contributed by atoms with Gasteiger partial charge in [-0.3, -0.25) is 0 Å². The molecule has 9 heavy (non-hydrogen) atoms. The standard InChI is InChI=1S/C7H10N2/c8-5-7-1-2-9-4-6(7)3-7/h6,9H,1-4H2. The molecule has 2 unspecified atom stereocenters. The van der Waals surface area contributed by atoms with Crippen LogP contribution in [0.1, 0.15) is 12.8 Å². The first-order valence-electron chi connectivity index (χ1n) is 3.49. The largest absolute Gasteiger partial charge is 0.316 e. The number of nitriles is 1. The number of piperidine rings is 1. The molecular weight excluding hydrogens is 112 g/mol. The van der Waals surface area contributed by atoms with Gasteiger partial charge in [-0.15, -0.1) is 0 Å². The molecule has 0 radical (unpaired) electrons. The Kier molecular flexibility index (Phi) is 0.866. The van der Waals surface area contributed by atoms with Crippen molar-refractivity contribution in [3.05, 3.63) is 0 Å². The number of nitrogens with zero attached hydrogens (tertiary/aromatic N) is 1. The maximum absolute atomic E-state index is 8.71. The van der Waals surface area contributed by atoms with Crippen molar-refractivity contribution in [1.29, 1.82) is 5.26 Å². The first-order chi connectivity index (χ1) is 4.37.